The van der Waals surface area contributed by atoms with Crippen molar-refractivity contribution < 1.29 is 19.1 Å². The van der Waals surface area contributed by atoms with Crippen molar-refractivity contribution >= 4 is 17.7 Å². The summed E-state index contributed by atoms with van der Waals surface area (Å²) in [6.45, 7) is 1.83. The maximum Gasteiger partial charge on any atom is 0.343 e. The summed E-state index contributed by atoms with van der Waals surface area (Å²) in [6.07, 6.45) is 1.37. The molecule has 0 fully saturated rings. The summed E-state index contributed by atoms with van der Waals surface area (Å²) in [6, 6.07) is 9.16. The molecule has 2 rings (SSSR count). The number of para-hydroxylation sites is 1. The number of carbonyl (C=O) groups is 2. The Morgan fingerprint density at radius 2 is 2.00 bits per heavy atom. The summed E-state index contributed by atoms with van der Waals surface area (Å²) < 4.78 is 11.2. The lowest BCUT2D eigenvalue weighted by Crippen LogP contribution is -2.21. The van der Waals surface area contributed by atoms with E-state index in [-0.39, 0.29) is 30.5 Å². The molecule has 0 spiro atoms. The van der Waals surface area contributed by atoms with E-state index in [9.17, 15) is 9.59 Å². The van der Waals surface area contributed by atoms with Gasteiger partial charge in [0.15, 0.2) is 5.82 Å². The van der Waals surface area contributed by atoms with Gasteiger partial charge in [-0.2, -0.15) is 5.10 Å². The fraction of sp³-hybridized carbons (Fsp3) is 0.267. The molecule has 0 radical (unpaired) electrons. The summed E-state index contributed by atoms with van der Waals surface area (Å²) in [4.78, 5) is 23.8. The van der Waals surface area contributed by atoms with Gasteiger partial charge in [-0.15, -0.1) is 0 Å². The first kappa shape index (κ1) is 15.7. The van der Waals surface area contributed by atoms with E-state index in [4.69, 9.17) is 9.47 Å². The Balaban J connectivity index is 2.41. The van der Waals surface area contributed by atoms with E-state index in [1.54, 1.807) is 6.92 Å². The van der Waals surface area contributed by atoms with Crippen molar-refractivity contribution in [1.29, 1.82) is 0 Å². The molecule has 2 aromatic rings. The van der Waals surface area contributed by atoms with Crippen LogP contribution in [0.15, 0.2) is 36.5 Å². The van der Waals surface area contributed by atoms with E-state index in [1.807, 2.05) is 30.3 Å². The Bertz CT molecular complexity index is 652. The van der Waals surface area contributed by atoms with E-state index >= 15 is 0 Å². The Labute approximate surface area is 127 Å². The lowest BCUT2D eigenvalue weighted by Gasteiger charge is -2.10. The zero-order chi connectivity index (χ0) is 15.9. The second-order valence-electron chi connectivity index (χ2n) is 4.36. The first-order valence-corrected chi connectivity index (χ1v) is 6.76. The van der Waals surface area contributed by atoms with Crippen LogP contribution in [0.4, 0.5) is 5.82 Å². The third-order valence-corrected chi connectivity index (χ3v) is 2.80. The molecule has 0 saturated heterocycles. The van der Waals surface area contributed by atoms with Gasteiger partial charge >= 0.3 is 5.97 Å². The number of anilines is 1. The number of hydrogen-bond acceptors (Lipinski definition) is 5. The Hall–Kier alpha value is -2.67. The van der Waals surface area contributed by atoms with Crippen molar-refractivity contribution in [2.75, 3.05) is 25.6 Å². The minimum Gasteiger partial charge on any atom is -0.462 e. The van der Waals surface area contributed by atoms with Gasteiger partial charge in [0.1, 0.15) is 12.2 Å². The molecule has 0 atom stereocenters. The van der Waals surface area contributed by atoms with Crippen molar-refractivity contribution in [2.45, 2.75) is 6.92 Å². The largest absolute Gasteiger partial charge is 0.462 e. The highest BCUT2D eigenvalue weighted by Gasteiger charge is 2.21. The summed E-state index contributed by atoms with van der Waals surface area (Å²) in [5, 5.41) is 6.80. The highest BCUT2D eigenvalue weighted by atomic mass is 16.5. The zero-order valence-corrected chi connectivity index (χ0v) is 12.4. The number of nitrogens with one attached hydrogen (secondary N) is 1. The van der Waals surface area contributed by atoms with Crippen LogP contribution in [0.5, 0.6) is 0 Å². The van der Waals surface area contributed by atoms with Crippen molar-refractivity contribution in [3.8, 4) is 5.69 Å². The molecule has 22 heavy (non-hydrogen) atoms. The van der Waals surface area contributed by atoms with Crippen LogP contribution in [0.3, 0.4) is 0 Å². The molecule has 0 bridgehead atoms. The third kappa shape index (κ3) is 3.50. The lowest BCUT2D eigenvalue weighted by molar-refractivity contribution is -0.119. The highest BCUT2D eigenvalue weighted by molar-refractivity contribution is 6.00. The van der Waals surface area contributed by atoms with Gasteiger partial charge in [0.2, 0.25) is 0 Å². The number of benzene rings is 1. The molecule has 0 saturated carbocycles. The molecular formula is C15H17N3O4. The molecule has 0 aliphatic carbocycles. The van der Waals surface area contributed by atoms with Crippen LogP contribution in [-0.4, -0.2) is 42.0 Å². The standard InChI is InChI=1S/C15H17N3O4/c1-3-22-15(20)12-9-16-18(11-7-5-4-6-8-11)14(12)17-13(19)10-21-2/h4-9H,3,10H2,1-2H3,(H,17,19). The predicted molar refractivity (Wildman–Crippen MR) is 80.0 cm³/mol. The molecule has 116 valence electrons. The van der Waals surface area contributed by atoms with Gasteiger partial charge in [-0.3, -0.25) is 4.79 Å². The Morgan fingerprint density at radius 1 is 1.27 bits per heavy atom. The fourth-order valence-corrected chi connectivity index (χ4v) is 1.89. The van der Waals surface area contributed by atoms with Crippen molar-refractivity contribution in [3.63, 3.8) is 0 Å². The van der Waals surface area contributed by atoms with E-state index in [2.05, 4.69) is 10.4 Å². The number of hydrogen-bond donors (Lipinski definition) is 1. The second-order valence-corrected chi connectivity index (χ2v) is 4.36. The average Bonchev–Trinajstić information content (AvgIpc) is 2.92. The molecule has 1 heterocycles. The van der Waals surface area contributed by atoms with Gasteiger partial charge in [0.25, 0.3) is 5.91 Å². The van der Waals surface area contributed by atoms with Gasteiger partial charge in [0.05, 0.1) is 18.5 Å². The van der Waals surface area contributed by atoms with Gasteiger partial charge in [-0.05, 0) is 19.1 Å². The topological polar surface area (TPSA) is 82.5 Å². The number of methoxy groups -OCH3 is 1. The van der Waals surface area contributed by atoms with E-state index in [1.165, 1.54) is 18.0 Å². The molecule has 0 aliphatic rings. The number of nitrogens with zero attached hydrogens (tertiary/aromatic N) is 2. The minimum absolute atomic E-state index is 0.123. The second kappa shape index (κ2) is 7.37. The number of esters is 1. The molecule has 0 aliphatic heterocycles. The smallest absolute Gasteiger partial charge is 0.343 e. The van der Waals surface area contributed by atoms with Crippen molar-refractivity contribution in [2.24, 2.45) is 0 Å². The van der Waals surface area contributed by atoms with E-state index in [0.29, 0.717) is 5.69 Å². The van der Waals surface area contributed by atoms with Crippen LogP contribution in [-0.2, 0) is 14.3 Å². The van der Waals surface area contributed by atoms with E-state index < -0.39 is 5.97 Å². The van der Waals surface area contributed by atoms with Crippen LogP contribution in [0.25, 0.3) is 5.69 Å². The number of amides is 1. The van der Waals surface area contributed by atoms with Crippen LogP contribution < -0.4 is 5.32 Å². The van der Waals surface area contributed by atoms with E-state index in [0.717, 1.165) is 0 Å². The molecule has 0 unspecified atom stereocenters. The molecular weight excluding hydrogens is 286 g/mol. The summed E-state index contributed by atoms with van der Waals surface area (Å²) in [7, 11) is 1.42. The lowest BCUT2D eigenvalue weighted by atomic mass is 10.3. The minimum atomic E-state index is -0.544. The van der Waals surface area contributed by atoms with Gasteiger partial charge in [0, 0.05) is 7.11 Å². The maximum absolute atomic E-state index is 12.0. The van der Waals surface area contributed by atoms with Gasteiger partial charge in [-0.25, -0.2) is 9.48 Å². The molecule has 1 aromatic heterocycles. The number of carbonyl (C=O) groups excluding carboxylic acids is 2. The average molecular weight is 303 g/mol. The van der Waals surface area contributed by atoms with Crippen LogP contribution in [0, 0.1) is 0 Å². The molecule has 1 amide bonds. The van der Waals surface area contributed by atoms with Crippen molar-refractivity contribution in [1.82, 2.24) is 9.78 Å². The highest BCUT2D eigenvalue weighted by Crippen LogP contribution is 2.21. The number of aromatic nitrogens is 2. The normalized spacial score (nSPS) is 10.3. The first-order chi connectivity index (χ1) is 10.7. The molecule has 1 N–H and O–H groups in total. The number of ether oxygens (including phenoxy) is 2. The molecule has 7 heteroatoms. The molecule has 1 aromatic carbocycles. The summed E-state index contributed by atoms with van der Waals surface area (Å²) in [5.41, 5.74) is 0.904. The van der Waals surface area contributed by atoms with Gasteiger partial charge < -0.3 is 14.8 Å². The van der Waals surface area contributed by atoms with Crippen LogP contribution in [0.1, 0.15) is 17.3 Å². The summed E-state index contributed by atoms with van der Waals surface area (Å²) in [5.74, 6) is -0.671. The SMILES string of the molecule is CCOC(=O)c1cnn(-c2ccccc2)c1NC(=O)COC. The monoisotopic (exact) mass is 303 g/mol. The molecule has 7 nitrogen and oxygen atoms in total. The Morgan fingerprint density at radius 3 is 2.64 bits per heavy atom. The number of rotatable bonds is 6. The third-order valence-electron chi connectivity index (χ3n) is 2.80. The zero-order valence-electron chi connectivity index (χ0n) is 12.4. The van der Waals surface area contributed by atoms with Crippen molar-refractivity contribution in [3.05, 3.63) is 42.1 Å². The predicted octanol–water partition coefficient (Wildman–Crippen LogP) is 1.63. The summed E-state index contributed by atoms with van der Waals surface area (Å²) >= 11 is 0. The van der Waals surface area contributed by atoms with Crippen LogP contribution in [0.2, 0.25) is 0 Å². The first-order valence-electron chi connectivity index (χ1n) is 6.76. The quantitative estimate of drug-likeness (QED) is 0.820. The van der Waals surface area contributed by atoms with Crippen LogP contribution >= 0.6 is 0 Å². The van der Waals surface area contributed by atoms with Gasteiger partial charge in [-0.1, -0.05) is 18.2 Å². The fourth-order valence-electron chi connectivity index (χ4n) is 1.89. The Kier molecular flexibility index (Phi) is 5.26. The maximum atomic E-state index is 12.0.